The molecule has 1 unspecified atom stereocenters. The van der Waals surface area contributed by atoms with Crippen molar-refractivity contribution in [3.8, 4) is 0 Å². The summed E-state index contributed by atoms with van der Waals surface area (Å²) in [6.07, 6.45) is 5.64. The molecule has 4 heteroatoms. The Hall–Kier alpha value is -0.770. The van der Waals surface area contributed by atoms with E-state index in [0.717, 1.165) is 32.4 Å². The maximum atomic E-state index is 12.3. The molecule has 1 rings (SSSR count). The number of likely N-dealkylation sites (tertiary alicyclic amines) is 1. The molecule has 1 fully saturated rings. The van der Waals surface area contributed by atoms with Crippen molar-refractivity contribution >= 4 is 6.03 Å². The number of nitrogens with two attached hydrogens (primary N) is 1. The Morgan fingerprint density at radius 2 is 1.83 bits per heavy atom. The minimum Gasteiger partial charge on any atom is -0.332 e. The molecule has 0 saturated carbocycles. The van der Waals surface area contributed by atoms with Crippen LogP contribution in [0.3, 0.4) is 0 Å². The van der Waals surface area contributed by atoms with Gasteiger partial charge in [-0.15, -0.1) is 0 Å². The molecule has 1 aliphatic heterocycles. The summed E-state index contributed by atoms with van der Waals surface area (Å²) < 4.78 is 0. The quantitative estimate of drug-likeness (QED) is 0.810. The highest BCUT2D eigenvalue weighted by molar-refractivity contribution is 5.75. The molecule has 0 spiro atoms. The number of rotatable bonds is 4. The van der Waals surface area contributed by atoms with Crippen molar-refractivity contribution in [2.45, 2.75) is 58.4 Å². The van der Waals surface area contributed by atoms with Crippen molar-refractivity contribution in [3.05, 3.63) is 0 Å². The molecule has 106 valence electrons. The van der Waals surface area contributed by atoms with Crippen molar-refractivity contribution in [1.82, 2.24) is 10.2 Å². The first-order valence-corrected chi connectivity index (χ1v) is 7.24. The van der Waals surface area contributed by atoms with Crippen LogP contribution in [0.4, 0.5) is 4.79 Å². The number of carbonyl (C=O) groups is 1. The number of urea groups is 1. The normalized spacial score (nSPS) is 20.4. The van der Waals surface area contributed by atoms with Gasteiger partial charge in [0.05, 0.1) is 5.54 Å². The van der Waals surface area contributed by atoms with Crippen LogP contribution in [-0.2, 0) is 0 Å². The Balaban J connectivity index is 2.54. The Morgan fingerprint density at radius 3 is 2.28 bits per heavy atom. The molecular weight excluding hydrogens is 226 g/mol. The summed E-state index contributed by atoms with van der Waals surface area (Å²) in [7, 11) is 0. The number of amides is 2. The lowest BCUT2D eigenvalue weighted by Gasteiger charge is -2.34. The lowest BCUT2D eigenvalue weighted by molar-refractivity contribution is 0.182. The first-order chi connectivity index (χ1) is 8.47. The van der Waals surface area contributed by atoms with Gasteiger partial charge in [-0.25, -0.2) is 4.79 Å². The average Bonchev–Trinajstić information content (AvgIpc) is 2.56. The van der Waals surface area contributed by atoms with Crippen LogP contribution < -0.4 is 11.1 Å². The van der Waals surface area contributed by atoms with Crippen LogP contribution in [0.25, 0.3) is 0 Å². The summed E-state index contributed by atoms with van der Waals surface area (Å²) >= 11 is 0. The Kier molecular flexibility index (Phi) is 5.93. The van der Waals surface area contributed by atoms with Gasteiger partial charge in [0, 0.05) is 19.6 Å². The van der Waals surface area contributed by atoms with Crippen LogP contribution in [0, 0.1) is 5.92 Å². The fourth-order valence-electron chi connectivity index (χ4n) is 2.70. The molecule has 18 heavy (non-hydrogen) atoms. The van der Waals surface area contributed by atoms with E-state index in [9.17, 15) is 4.79 Å². The summed E-state index contributed by atoms with van der Waals surface area (Å²) in [5, 5.41) is 3.13. The second-order valence-corrected chi connectivity index (χ2v) is 6.19. The van der Waals surface area contributed by atoms with E-state index >= 15 is 0 Å². The summed E-state index contributed by atoms with van der Waals surface area (Å²) in [6.45, 7) is 8.62. The second kappa shape index (κ2) is 6.98. The van der Waals surface area contributed by atoms with E-state index in [-0.39, 0.29) is 11.6 Å². The van der Waals surface area contributed by atoms with Gasteiger partial charge >= 0.3 is 6.03 Å². The fraction of sp³-hybridized carbons (Fsp3) is 0.929. The number of hydrogen-bond acceptors (Lipinski definition) is 2. The maximum Gasteiger partial charge on any atom is 0.317 e. The zero-order valence-electron chi connectivity index (χ0n) is 12.2. The van der Waals surface area contributed by atoms with E-state index in [1.807, 2.05) is 11.8 Å². The zero-order valence-corrected chi connectivity index (χ0v) is 12.2. The molecule has 0 bridgehead atoms. The third kappa shape index (κ3) is 4.84. The van der Waals surface area contributed by atoms with Gasteiger partial charge in [-0.1, -0.05) is 26.7 Å². The van der Waals surface area contributed by atoms with Crippen molar-refractivity contribution in [2.24, 2.45) is 11.7 Å². The monoisotopic (exact) mass is 255 g/mol. The van der Waals surface area contributed by atoms with Crippen LogP contribution in [0.5, 0.6) is 0 Å². The molecule has 3 N–H and O–H groups in total. The lowest BCUT2D eigenvalue weighted by atomic mass is 9.91. The number of nitrogens with zero attached hydrogens (tertiary/aromatic N) is 1. The van der Waals surface area contributed by atoms with Crippen LogP contribution >= 0.6 is 0 Å². The fourth-order valence-corrected chi connectivity index (χ4v) is 2.70. The smallest absolute Gasteiger partial charge is 0.317 e. The van der Waals surface area contributed by atoms with Crippen molar-refractivity contribution < 1.29 is 4.79 Å². The van der Waals surface area contributed by atoms with Crippen LogP contribution in [-0.4, -0.2) is 36.1 Å². The van der Waals surface area contributed by atoms with Crippen molar-refractivity contribution in [3.63, 3.8) is 0 Å². The van der Waals surface area contributed by atoms with Gasteiger partial charge in [0.25, 0.3) is 0 Å². The van der Waals surface area contributed by atoms with Crippen molar-refractivity contribution in [1.29, 1.82) is 0 Å². The standard InChI is InChI=1S/C14H29N3O/c1-12(2)10-14(3,11-15)16-13(18)17-8-6-4-5-7-9-17/h12H,4-11,15H2,1-3H3,(H,16,18). The minimum atomic E-state index is -0.280. The Morgan fingerprint density at radius 1 is 1.28 bits per heavy atom. The molecule has 0 aromatic carbocycles. The summed E-state index contributed by atoms with van der Waals surface area (Å²) in [5.74, 6) is 0.531. The van der Waals surface area contributed by atoms with Crippen molar-refractivity contribution in [2.75, 3.05) is 19.6 Å². The van der Waals surface area contributed by atoms with Gasteiger partial charge in [-0.3, -0.25) is 0 Å². The summed E-state index contributed by atoms with van der Waals surface area (Å²) in [4.78, 5) is 14.2. The van der Waals surface area contributed by atoms with E-state index < -0.39 is 0 Å². The molecule has 0 aliphatic carbocycles. The van der Waals surface area contributed by atoms with Gasteiger partial charge in [-0.2, -0.15) is 0 Å². The first-order valence-electron chi connectivity index (χ1n) is 7.24. The number of nitrogens with one attached hydrogen (secondary N) is 1. The van der Waals surface area contributed by atoms with Crippen LogP contribution in [0.1, 0.15) is 52.9 Å². The molecule has 1 aliphatic rings. The van der Waals surface area contributed by atoms with E-state index in [0.29, 0.717) is 12.5 Å². The zero-order chi connectivity index (χ0) is 13.6. The maximum absolute atomic E-state index is 12.3. The minimum absolute atomic E-state index is 0.0606. The topological polar surface area (TPSA) is 58.4 Å². The molecular formula is C14H29N3O. The second-order valence-electron chi connectivity index (χ2n) is 6.19. The number of carbonyl (C=O) groups excluding carboxylic acids is 1. The Labute approximate surface area is 111 Å². The van der Waals surface area contributed by atoms with Gasteiger partial charge in [0.2, 0.25) is 0 Å². The largest absolute Gasteiger partial charge is 0.332 e. The molecule has 0 aromatic heterocycles. The first kappa shape index (κ1) is 15.3. The van der Waals surface area contributed by atoms with E-state index in [2.05, 4.69) is 19.2 Å². The molecule has 0 radical (unpaired) electrons. The molecule has 1 heterocycles. The van der Waals surface area contributed by atoms with Gasteiger partial charge in [0.15, 0.2) is 0 Å². The summed E-state index contributed by atoms with van der Waals surface area (Å²) in [6, 6.07) is 0.0606. The highest BCUT2D eigenvalue weighted by Gasteiger charge is 2.28. The lowest BCUT2D eigenvalue weighted by Crippen LogP contribution is -2.56. The van der Waals surface area contributed by atoms with Crippen LogP contribution in [0.15, 0.2) is 0 Å². The summed E-state index contributed by atoms with van der Waals surface area (Å²) in [5.41, 5.74) is 5.55. The predicted octanol–water partition coefficient (Wildman–Crippen LogP) is 2.34. The molecule has 1 atom stereocenters. The van der Waals surface area contributed by atoms with Crippen LogP contribution in [0.2, 0.25) is 0 Å². The third-order valence-electron chi connectivity index (χ3n) is 3.61. The van der Waals surface area contributed by atoms with Gasteiger partial charge in [0.1, 0.15) is 0 Å². The molecule has 4 nitrogen and oxygen atoms in total. The molecule has 0 aromatic rings. The highest BCUT2D eigenvalue weighted by atomic mass is 16.2. The van der Waals surface area contributed by atoms with E-state index in [1.54, 1.807) is 0 Å². The average molecular weight is 255 g/mol. The third-order valence-corrected chi connectivity index (χ3v) is 3.61. The van der Waals surface area contributed by atoms with E-state index in [4.69, 9.17) is 5.73 Å². The SMILES string of the molecule is CC(C)CC(C)(CN)NC(=O)N1CCCCCC1. The highest BCUT2D eigenvalue weighted by Crippen LogP contribution is 2.17. The van der Waals surface area contributed by atoms with Gasteiger partial charge < -0.3 is 16.0 Å². The van der Waals surface area contributed by atoms with E-state index in [1.165, 1.54) is 12.8 Å². The molecule has 2 amide bonds. The molecule has 1 saturated heterocycles. The Bertz CT molecular complexity index is 260. The predicted molar refractivity (Wildman–Crippen MR) is 75.5 cm³/mol. The van der Waals surface area contributed by atoms with Gasteiger partial charge in [-0.05, 0) is 32.1 Å². The number of hydrogen-bond donors (Lipinski definition) is 2.